The van der Waals surface area contributed by atoms with Crippen LogP contribution < -0.4 is 0 Å². The van der Waals surface area contributed by atoms with Gasteiger partial charge in [-0.05, 0) is 28.8 Å². The maximum Gasteiger partial charge on any atom is 0.307 e. The summed E-state index contributed by atoms with van der Waals surface area (Å²) in [6.07, 6.45) is 0.0256. The van der Waals surface area contributed by atoms with Crippen LogP contribution in [0.2, 0.25) is 0 Å². The normalized spacial score (nSPS) is 10.4. The third-order valence-corrected chi connectivity index (χ3v) is 3.43. The highest BCUT2D eigenvalue weighted by molar-refractivity contribution is 9.10. The molecule has 104 valence electrons. The number of benzene rings is 2. The molecule has 0 aliphatic carbocycles. The van der Waals surface area contributed by atoms with Crippen molar-refractivity contribution in [1.82, 2.24) is 0 Å². The van der Waals surface area contributed by atoms with E-state index in [9.17, 15) is 4.79 Å². The molecular formula is C16H15BrO3. The maximum absolute atomic E-state index is 10.8. The van der Waals surface area contributed by atoms with Crippen molar-refractivity contribution >= 4 is 21.9 Å². The molecule has 0 aromatic heterocycles. The van der Waals surface area contributed by atoms with Crippen LogP contribution in [0.4, 0.5) is 0 Å². The van der Waals surface area contributed by atoms with E-state index < -0.39 is 5.97 Å². The lowest BCUT2D eigenvalue weighted by Gasteiger charge is -2.09. The summed E-state index contributed by atoms with van der Waals surface area (Å²) in [6.45, 7) is 0.925. The first-order valence-corrected chi connectivity index (χ1v) is 7.05. The minimum Gasteiger partial charge on any atom is -0.481 e. The molecule has 0 bridgehead atoms. The van der Waals surface area contributed by atoms with Crippen molar-refractivity contribution in [2.45, 2.75) is 19.6 Å². The van der Waals surface area contributed by atoms with Gasteiger partial charge in [-0.15, -0.1) is 0 Å². The molecule has 2 aromatic carbocycles. The van der Waals surface area contributed by atoms with Crippen LogP contribution in [0.25, 0.3) is 0 Å². The SMILES string of the molecule is O=C(O)Cc1ccccc1COCc1ccc(Br)cc1. The first kappa shape index (κ1) is 14.8. The number of hydrogen-bond acceptors (Lipinski definition) is 2. The quantitative estimate of drug-likeness (QED) is 0.874. The molecule has 2 rings (SSSR count). The van der Waals surface area contributed by atoms with Crippen molar-refractivity contribution in [2.75, 3.05) is 0 Å². The van der Waals surface area contributed by atoms with Gasteiger partial charge in [-0.3, -0.25) is 4.79 Å². The molecule has 0 amide bonds. The highest BCUT2D eigenvalue weighted by Gasteiger charge is 2.06. The van der Waals surface area contributed by atoms with Gasteiger partial charge in [-0.2, -0.15) is 0 Å². The van der Waals surface area contributed by atoms with Crippen LogP contribution in [0.1, 0.15) is 16.7 Å². The molecule has 0 aliphatic heterocycles. The fraction of sp³-hybridized carbons (Fsp3) is 0.188. The second-order valence-electron chi connectivity index (χ2n) is 4.46. The Labute approximate surface area is 126 Å². The Hall–Kier alpha value is -1.65. The van der Waals surface area contributed by atoms with E-state index >= 15 is 0 Å². The molecule has 0 heterocycles. The molecule has 0 saturated heterocycles. The van der Waals surface area contributed by atoms with Crippen molar-refractivity contribution in [2.24, 2.45) is 0 Å². The Morgan fingerprint density at radius 1 is 1.00 bits per heavy atom. The Morgan fingerprint density at radius 3 is 2.30 bits per heavy atom. The number of carboxylic acid groups (broad SMARTS) is 1. The summed E-state index contributed by atoms with van der Waals surface area (Å²) >= 11 is 3.39. The highest BCUT2D eigenvalue weighted by atomic mass is 79.9. The van der Waals surface area contributed by atoms with E-state index in [1.165, 1.54) is 0 Å². The van der Waals surface area contributed by atoms with Crippen LogP contribution >= 0.6 is 15.9 Å². The third-order valence-electron chi connectivity index (χ3n) is 2.90. The molecule has 20 heavy (non-hydrogen) atoms. The Morgan fingerprint density at radius 2 is 1.65 bits per heavy atom. The summed E-state index contributed by atoms with van der Waals surface area (Å²) in [6, 6.07) is 15.4. The predicted molar refractivity (Wildman–Crippen MR) is 80.4 cm³/mol. The zero-order valence-corrected chi connectivity index (χ0v) is 12.5. The second-order valence-corrected chi connectivity index (χ2v) is 5.37. The van der Waals surface area contributed by atoms with Crippen LogP contribution in [0.15, 0.2) is 53.0 Å². The van der Waals surface area contributed by atoms with Gasteiger partial charge in [-0.1, -0.05) is 52.3 Å². The average Bonchev–Trinajstić information content (AvgIpc) is 2.42. The van der Waals surface area contributed by atoms with E-state index in [4.69, 9.17) is 9.84 Å². The van der Waals surface area contributed by atoms with Gasteiger partial charge in [0.05, 0.1) is 19.6 Å². The number of halogens is 1. The Balaban J connectivity index is 1.93. The van der Waals surface area contributed by atoms with Gasteiger partial charge < -0.3 is 9.84 Å². The van der Waals surface area contributed by atoms with E-state index in [1.54, 1.807) is 0 Å². The summed E-state index contributed by atoms with van der Waals surface area (Å²) in [7, 11) is 0. The lowest BCUT2D eigenvalue weighted by atomic mass is 10.1. The minimum atomic E-state index is -0.828. The third kappa shape index (κ3) is 4.47. The van der Waals surface area contributed by atoms with Crippen molar-refractivity contribution in [3.8, 4) is 0 Å². The first-order valence-electron chi connectivity index (χ1n) is 6.26. The number of hydrogen-bond donors (Lipinski definition) is 1. The standard InChI is InChI=1S/C16H15BrO3/c17-15-7-5-12(6-8-15)10-20-11-14-4-2-1-3-13(14)9-16(18)19/h1-8H,9-11H2,(H,18,19). The molecule has 3 nitrogen and oxygen atoms in total. The molecule has 0 aliphatic rings. The van der Waals surface area contributed by atoms with Crippen molar-refractivity contribution in [1.29, 1.82) is 0 Å². The van der Waals surface area contributed by atoms with E-state index in [0.717, 1.165) is 21.2 Å². The summed E-state index contributed by atoms with van der Waals surface area (Å²) < 4.78 is 6.69. The molecule has 0 spiro atoms. The van der Waals surface area contributed by atoms with Crippen molar-refractivity contribution < 1.29 is 14.6 Å². The van der Waals surface area contributed by atoms with E-state index in [-0.39, 0.29) is 6.42 Å². The predicted octanol–water partition coefficient (Wildman–Crippen LogP) is 3.79. The van der Waals surface area contributed by atoms with Crippen LogP contribution in [0.3, 0.4) is 0 Å². The van der Waals surface area contributed by atoms with Crippen LogP contribution in [-0.4, -0.2) is 11.1 Å². The Bertz CT molecular complexity index is 579. The molecule has 2 aromatic rings. The lowest BCUT2D eigenvalue weighted by Crippen LogP contribution is -2.04. The van der Waals surface area contributed by atoms with E-state index in [2.05, 4.69) is 15.9 Å². The zero-order valence-electron chi connectivity index (χ0n) is 10.9. The van der Waals surface area contributed by atoms with Gasteiger partial charge in [-0.25, -0.2) is 0 Å². The number of carbonyl (C=O) groups is 1. The van der Waals surface area contributed by atoms with E-state index in [0.29, 0.717) is 13.2 Å². The van der Waals surface area contributed by atoms with Crippen LogP contribution in [-0.2, 0) is 29.2 Å². The molecule has 0 saturated carbocycles. The Kier molecular flexibility index (Phi) is 5.32. The van der Waals surface area contributed by atoms with Gasteiger partial charge >= 0.3 is 5.97 Å². The summed E-state index contributed by atoms with van der Waals surface area (Å²) in [5.74, 6) is -0.828. The molecule has 0 unspecified atom stereocenters. The van der Waals surface area contributed by atoms with Crippen LogP contribution in [0, 0.1) is 0 Å². The lowest BCUT2D eigenvalue weighted by molar-refractivity contribution is -0.136. The first-order chi connectivity index (χ1) is 9.65. The fourth-order valence-electron chi connectivity index (χ4n) is 1.89. The van der Waals surface area contributed by atoms with E-state index in [1.807, 2.05) is 48.5 Å². The molecule has 0 fully saturated rings. The summed E-state index contributed by atoms with van der Waals surface area (Å²) in [5, 5.41) is 8.88. The monoisotopic (exact) mass is 334 g/mol. The average molecular weight is 335 g/mol. The number of ether oxygens (including phenoxy) is 1. The summed E-state index contributed by atoms with van der Waals surface area (Å²) in [4.78, 5) is 10.8. The van der Waals surface area contributed by atoms with Gasteiger partial charge in [0.25, 0.3) is 0 Å². The van der Waals surface area contributed by atoms with Gasteiger partial charge in [0.2, 0.25) is 0 Å². The van der Waals surface area contributed by atoms with Crippen molar-refractivity contribution in [3.63, 3.8) is 0 Å². The maximum atomic E-state index is 10.8. The van der Waals surface area contributed by atoms with Gasteiger partial charge in [0.15, 0.2) is 0 Å². The molecule has 0 radical (unpaired) electrons. The zero-order chi connectivity index (χ0) is 14.4. The topological polar surface area (TPSA) is 46.5 Å². The van der Waals surface area contributed by atoms with Gasteiger partial charge in [0, 0.05) is 4.47 Å². The van der Waals surface area contributed by atoms with Crippen molar-refractivity contribution in [3.05, 3.63) is 69.7 Å². The summed E-state index contributed by atoms with van der Waals surface area (Å²) in [5.41, 5.74) is 2.81. The second kappa shape index (κ2) is 7.22. The van der Waals surface area contributed by atoms with Gasteiger partial charge in [0.1, 0.15) is 0 Å². The largest absolute Gasteiger partial charge is 0.481 e. The molecule has 0 atom stereocenters. The van der Waals surface area contributed by atoms with Crippen LogP contribution in [0.5, 0.6) is 0 Å². The fourth-order valence-corrected chi connectivity index (χ4v) is 2.16. The number of rotatable bonds is 6. The smallest absolute Gasteiger partial charge is 0.307 e. The highest BCUT2D eigenvalue weighted by Crippen LogP contribution is 2.14. The number of carboxylic acids is 1. The minimum absolute atomic E-state index is 0.0256. The molecule has 1 N–H and O–H groups in total. The molecule has 4 heteroatoms. The number of aliphatic carboxylic acids is 1. The molecular weight excluding hydrogens is 320 g/mol.